The van der Waals surface area contributed by atoms with E-state index < -0.39 is 0 Å². The molecule has 0 unspecified atom stereocenters. The minimum absolute atomic E-state index is 0.0908. The van der Waals surface area contributed by atoms with Crippen molar-refractivity contribution in [1.82, 2.24) is 10.0 Å². The van der Waals surface area contributed by atoms with Gasteiger partial charge in [-0.15, -0.1) is 0 Å². The van der Waals surface area contributed by atoms with Crippen LogP contribution in [0.15, 0.2) is 65.7 Å². The van der Waals surface area contributed by atoms with Crippen LogP contribution >= 0.6 is 0 Å². The largest absolute Gasteiger partial charge is 0.310 e. The monoisotopic (exact) mass is 270 g/mol. The summed E-state index contributed by atoms with van der Waals surface area (Å²) < 4.78 is 1.50. The zero-order valence-corrected chi connectivity index (χ0v) is 11.2. The van der Waals surface area contributed by atoms with E-state index >= 15 is 0 Å². The number of hydroxylamine groups is 1. The number of benzene rings is 1. The minimum Gasteiger partial charge on any atom is -0.310 e. The molecule has 2 aromatic rings. The summed E-state index contributed by atoms with van der Waals surface area (Å²) >= 11 is 0. The first-order valence-corrected chi connectivity index (χ1v) is 6.50. The Morgan fingerprint density at radius 2 is 1.85 bits per heavy atom. The zero-order chi connectivity index (χ0) is 14.4. The van der Waals surface area contributed by atoms with Crippen LogP contribution in [0.25, 0.3) is 0 Å². The third-order valence-electron chi connectivity index (χ3n) is 3.12. The topological polar surface area (TPSA) is 54.3 Å². The van der Waals surface area contributed by atoms with Crippen LogP contribution < -0.4 is 11.0 Å². The molecule has 0 aliphatic rings. The maximum atomic E-state index is 11.9. The maximum Gasteiger partial charge on any atom is 0.251 e. The molecule has 0 saturated carbocycles. The second kappa shape index (κ2) is 6.73. The lowest BCUT2D eigenvalue weighted by Gasteiger charge is -2.08. The van der Waals surface area contributed by atoms with Gasteiger partial charge in [-0.25, -0.2) is 0 Å². The zero-order valence-electron chi connectivity index (χ0n) is 11.2. The van der Waals surface area contributed by atoms with E-state index in [9.17, 15) is 4.79 Å². The predicted molar refractivity (Wildman–Crippen MR) is 78.6 cm³/mol. The average Bonchev–Trinajstić information content (AvgIpc) is 2.48. The van der Waals surface area contributed by atoms with Gasteiger partial charge < -0.3 is 4.57 Å². The Bertz CT molecular complexity index is 632. The van der Waals surface area contributed by atoms with Crippen molar-refractivity contribution >= 4 is 0 Å². The molecule has 0 aliphatic carbocycles. The van der Waals surface area contributed by atoms with E-state index in [0.29, 0.717) is 5.70 Å². The highest BCUT2D eigenvalue weighted by atomic mass is 16.5. The van der Waals surface area contributed by atoms with Crippen molar-refractivity contribution in [3.05, 3.63) is 82.4 Å². The fourth-order valence-corrected chi connectivity index (χ4v) is 2.01. The molecule has 1 aromatic carbocycles. The number of rotatable bonds is 6. The van der Waals surface area contributed by atoms with Crippen LogP contribution in [0.5, 0.6) is 0 Å². The Balaban J connectivity index is 2.02. The molecule has 0 radical (unpaired) electrons. The second-order valence-electron chi connectivity index (χ2n) is 4.70. The number of allylic oxidation sites excluding steroid dienone is 1. The van der Waals surface area contributed by atoms with Crippen molar-refractivity contribution < 1.29 is 5.21 Å². The van der Waals surface area contributed by atoms with E-state index in [2.05, 4.69) is 18.7 Å². The average molecular weight is 270 g/mol. The molecule has 4 heteroatoms. The fourth-order valence-electron chi connectivity index (χ4n) is 2.01. The molecule has 0 fully saturated rings. The number of nitrogens with zero attached hydrogens (tertiary/aromatic N) is 1. The molecule has 2 N–H and O–H groups in total. The summed E-state index contributed by atoms with van der Waals surface area (Å²) in [6, 6.07) is 13.7. The highest BCUT2D eigenvalue weighted by molar-refractivity contribution is 5.18. The van der Waals surface area contributed by atoms with Crippen LogP contribution in [0.1, 0.15) is 11.1 Å². The first kappa shape index (κ1) is 14.1. The van der Waals surface area contributed by atoms with Gasteiger partial charge >= 0.3 is 0 Å². The number of aryl methyl sites for hydroxylation is 2. The van der Waals surface area contributed by atoms with Crippen LogP contribution in [-0.2, 0) is 19.4 Å². The molecule has 0 atom stereocenters. The van der Waals surface area contributed by atoms with E-state index in [1.165, 1.54) is 10.1 Å². The Labute approximate surface area is 118 Å². The van der Waals surface area contributed by atoms with E-state index in [1.807, 2.05) is 29.7 Å². The van der Waals surface area contributed by atoms with E-state index in [4.69, 9.17) is 5.21 Å². The standard InChI is InChI=1S/C16H18N2O2/c1-13(17-20)12-18-10-9-15(11-16(18)19)8-7-14-5-3-2-4-6-14/h2-6,9-11,17,20H,1,7-8,12H2. The summed E-state index contributed by atoms with van der Waals surface area (Å²) in [6.07, 6.45) is 3.47. The molecule has 2 rings (SSSR count). The van der Waals surface area contributed by atoms with E-state index in [-0.39, 0.29) is 12.1 Å². The quantitative estimate of drug-likeness (QED) is 0.791. The Morgan fingerprint density at radius 1 is 1.15 bits per heavy atom. The smallest absolute Gasteiger partial charge is 0.251 e. The van der Waals surface area contributed by atoms with Gasteiger partial charge in [0.05, 0.1) is 12.2 Å². The van der Waals surface area contributed by atoms with Gasteiger partial charge in [0, 0.05) is 12.3 Å². The number of hydrogen-bond acceptors (Lipinski definition) is 3. The maximum absolute atomic E-state index is 11.9. The summed E-state index contributed by atoms with van der Waals surface area (Å²) in [7, 11) is 0. The summed E-state index contributed by atoms with van der Waals surface area (Å²) in [5.74, 6) is 0. The molecule has 0 amide bonds. The Kier molecular flexibility index (Phi) is 4.74. The molecular weight excluding hydrogens is 252 g/mol. The Morgan fingerprint density at radius 3 is 2.50 bits per heavy atom. The third kappa shape index (κ3) is 3.83. The Hall–Kier alpha value is -2.33. The van der Waals surface area contributed by atoms with Gasteiger partial charge in [-0.05, 0) is 30.0 Å². The second-order valence-corrected chi connectivity index (χ2v) is 4.70. The first-order chi connectivity index (χ1) is 9.69. The SMILES string of the molecule is C=C(Cn1ccc(CCc2ccccc2)cc1=O)NO. The molecule has 1 heterocycles. The van der Waals surface area contributed by atoms with Crippen LogP contribution in [0.4, 0.5) is 0 Å². The van der Waals surface area contributed by atoms with Crippen molar-refractivity contribution in [2.45, 2.75) is 19.4 Å². The third-order valence-corrected chi connectivity index (χ3v) is 3.12. The number of pyridine rings is 1. The lowest BCUT2D eigenvalue weighted by molar-refractivity contribution is 0.194. The van der Waals surface area contributed by atoms with Crippen LogP contribution in [-0.4, -0.2) is 9.77 Å². The molecule has 0 aliphatic heterocycles. The summed E-state index contributed by atoms with van der Waals surface area (Å²) in [6.45, 7) is 3.85. The molecule has 0 bridgehead atoms. The normalized spacial score (nSPS) is 10.2. The van der Waals surface area contributed by atoms with Crippen molar-refractivity contribution in [2.75, 3.05) is 0 Å². The van der Waals surface area contributed by atoms with Crippen LogP contribution in [0, 0.1) is 0 Å². The lowest BCUT2D eigenvalue weighted by atomic mass is 10.1. The van der Waals surface area contributed by atoms with Crippen LogP contribution in [0.3, 0.4) is 0 Å². The molecule has 0 saturated heterocycles. The van der Waals surface area contributed by atoms with Crippen LogP contribution in [0.2, 0.25) is 0 Å². The van der Waals surface area contributed by atoms with Crippen molar-refractivity contribution in [3.8, 4) is 0 Å². The lowest BCUT2D eigenvalue weighted by Crippen LogP contribution is -2.23. The first-order valence-electron chi connectivity index (χ1n) is 6.50. The summed E-state index contributed by atoms with van der Waals surface area (Å²) in [5, 5.41) is 8.69. The molecule has 104 valence electrons. The van der Waals surface area contributed by atoms with Gasteiger partial charge in [-0.2, -0.15) is 0 Å². The van der Waals surface area contributed by atoms with E-state index in [1.54, 1.807) is 12.3 Å². The molecule has 4 nitrogen and oxygen atoms in total. The molecule has 1 aromatic heterocycles. The molecular formula is C16H18N2O2. The van der Waals surface area contributed by atoms with Gasteiger partial charge in [-0.1, -0.05) is 36.9 Å². The van der Waals surface area contributed by atoms with Gasteiger partial charge in [0.2, 0.25) is 0 Å². The van der Waals surface area contributed by atoms with Crippen molar-refractivity contribution in [1.29, 1.82) is 0 Å². The molecule has 0 spiro atoms. The van der Waals surface area contributed by atoms with Gasteiger partial charge in [0.25, 0.3) is 5.56 Å². The number of nitrogens with one attached hydrogen (secondary N) is 1. The fraction of sp³-hybridized carbons (Fsp3) is 0.188. The van der Waals surface area contributed by atoms with Gasteiger partial charge in [0.15, 0.2) is 0 Å². The van der Waals surface area contributed by atoms with E-state index in [0.717, 1.165) is 18.4 Å². The summed E-state index contributed by atoms with van der Waals surface area (Å²) in [5.41, 5.74) is 4.51. The van der Waals surface area contributed by atoms with Crippen molar-refractivity contribution in [3.63, 3.8) is 0 Å². The predicted octanol–water partition coefficient (Wildman–Crippen LogP) is 2.13. The van der Waals surface area contributed by atoms with Gasteiger partial charge in [-0.3, -0.25) is 15.5 Å². The number of hydrogen-bond donors (Lipinski definition) is 2. The van der Waals surface area contributed by atoms with Gasteiger partial charge in [0.1, 0.15) is 0 Å². The minimum atomic E-state index is -0.0908. The highest BCUT2D eigenvalue weighted by Gasteiger charge is 2.01. The number of aromatic nitrogens is 1. The van der Waals surface area contributed by atoms with Crippen molar-refractivity contribution in [2.24, 2.45) is 0 Å². The summed E-state index contributed by atoms with van der Waals surface area (Å²) in [4.78, 5) is 11.9. The highest BCUT2D eigenvalue weighted by Crippen LogP contribution is 2.05. The molecule has 20 heavy (non-hydrogen) atoms.